The molecule has 4 rings (SSSR count). The number of aromatic nitrogens is 2. The minimum absolute atomic E-state index is 0.183. The van der Waals surface area contributed by atoms with E-state index in [1.165, 1.54) is 5.56 Å². The molecule has 0 saturated heterocycles. The second-order valence-corrected chi connectivity index (χ2v) is 7.50. The van der Waals surface area contributed by atoms with Crippen LogP contribution in [0.4, 0.5) is 5.69 Å². The summed E-state index contributed by atoms with van der Waals surface area (Å²) in [4.78, 5) is 12.5. The van der Waals surface area contributed by atoms with E-state index in [1.54, 1.807) is 48.5 Å². The lowest BCUT2D eigenvalue weighted by Gasteiger charge is -2.09. The van der Waals surface area contributed by atoms with Crippen LogP contribution in [-0.4, -0.2) is 22.8 Å². The third-order valence-electron chi connectivity index (χ3n) is 4.90. The van der Waals surface area contributed by atoms with Crippen molar-refractivity contribution >= 4 is 11.6 Å². The fraction of sp³-hybridized carbons (Fsp3) is 0.200. The molecule has 0 aliphatic carbocycles. The summed E-state index contributed by atoms with van der Waals surface area (Å²) in [5.41, 5.74) is 2.77. The molecular weight excluding hydrogens is 422 g/mol. The zero-order valence-electron chi connectivity index (χ0n) is 18.7. The summed E-state index contributed by atoms with van der Waals surface area (Å²) in [5.74, 6) is 2.56. The molecular formula is C25H25N3O5. The second-order valence-electron chi connectivity index (χ2n) is 7.50. The van der Waals surface area contributed by atoms with Gasteiger partial charge in [0, 0.05) is 0 Å². The van der Waals surface area contributed by atoms with Crippen LogP contribution in [-0.2, 0) is 13.3 Å². The Morgan fingerprint density at radius 3 is 2.58 bits per heavy atom. The summed E-state index contributed by atoms with van der Waals surface area (Å²) in [6.45, 7) is 4.46. The summed E-state index contributed by atoms with van der Waals surface area (Å²) in [7, 11) is 1.61. The highest BCUT2D eigenvalue weighted by atomic mass is 16.5. The van der Waals surface area contributed by atoms with Crippen LogP contribution in [0.1, 0.15) is 27.4 Å². The van der Waals surface area contributed by atoms with E-state index in [-0.39, 0.29) is 25.0 Å². The molecule has 1 N–H and O–H groups in total. The molecule has 2 heterocycles. The number of carbonyl (C=O) groups excluding carboxylic acids is 1. The summed E-state index contributed by atoms with van der Waals surface area (Å²) >= 11 is 0. The number of nitrogens with zero attached hydrogens (tertiary/aromatic N) is 2. The SMILES string of the molecule is COc1ccc(OCc2ccc(C(=O)Nc3cnn(COc4ccc(C)cc4C)c3)o2)cc1. The molecule has 0 unspecified atom stereocenters. The molecule has 0 aliphatic rings. The molecule has 0 bridgehead atoms. The lowest BCUT2D eigenvalue weighted by Crippen LogP contribution is -2.10. The van der Waals surface area contributed by atoms with E-state index in [0.29, 0.717) is 17.2 Å². The van der Waals surface area contributed by atoms with Crippen molar-refractivity contribution in [1.29, 1.82) is 0 Å². The first-order valence-corrected chi connectivity index (χ1v) is 10.4. The maximum atomic E-state index is 12.5. The van der Waals surface area contributed by atoms with Crippen molar-refractivity contribution in [3.63, 3.8) is 0 Å². The number of carbonyl (C=O) groups is 1. The molecule has 0 radical (unpaired) electrons. The number of amides is 1. The molecule has 0 atom stereocenters. The molecule has 0 spiro atoms. The smallest absolute Gasteiger partial charge is 0.291 e. The van der Waals surface area contributed by atoms with Gasteiger partial charge in [0.15, 0.2) is 12.5 Å². The highest BCUT2D eigenvalue weighted by molar-refractivity contribution is 6.02. The molecule has 170 valence electrons. The fourth-order valence-electron chi connectivity index (χ4n) is 3.19. The standard InChI is InChI=1S/C25H25N3O5/c1-17-4-10-23(18(2)12-17)32-16-28-14-19(13-26-28)27-25(29)24-11-9-22(33-24)15-31-21-7-5-20(30-3)6-8-21/h4-14H,15-16H2,1-3H3,(H,27,29). The molecule has 2 aromatic carbocycles. The van der Waals surface area contributed by atoms with Gasteiger partial charge in [-0.3, -0.25) is 4.79 Å². The number of furan rings is 1. The zero-order valence-corrected chi connectivity index (χ0v) is 18.7. The van der Waals surface area contributed by atoms with Crippen molar-refractivity contribution in [3.05, 3.63) is 89.6 Å². The first-order chi connectivity index (χ1) is 16.0. The molecule has 0 fully saturated rings. The monoisotopic (exact) mass is 447 g/mol. The van der Waals surface area contributed by atoms with Crippen molar-refractivity contribution in [3.8, 4) is 17.2 Å². The predicted molar refractivity (Wildman–Crippen MR) is 123 cm³/mol. The molecule has 8 heteroatoms. The zero-order chi connectivity index (χ0) is 23.2. The summed E-state index contributed by atoms with van der Waals surface area (Å²) < 4.78 is 23.8. The maximum Gasteiger partial charge on any atom is 0.291 e. The van der Waals surface area contributed by atoms with Crippen LogP contribution in [0.3, 0.4) is 0 Å². The summed E-state index contributed by atoms with van der Waals surface area (Å²) in [5, 5.41) is 6.99. The molecule has 4 aromatic rings. The highest BCUT2D eigenvalue weighted by Crippen LogP contribution is 2.20. The summed E-state index contributed by atoms with van der Waals surface area (Å²) in [6, 6.07) is 16.5. The Bertz CT molecular complexity index is 1230. The van der Waals surface area contributed by atoms with E-state index in [0.717, 1.165) is 17.1 Å². The minimum Gasteiger partial charge on any atom is -0.497 e. The van der Waals surface area contributed by atoms with Gasteiger partial charge in [0.25, 0.3) is 5.91 Å². The highest BCUT2D eigenvalue weighted by Gasteiger charge is 2.13. The van der Waals surface area contributed by atoms with E-state index < -0.39 is 0 Å². The van der Waals surface area contributed by atoms with Gasteiger partial charge in [0.1, 0.15) is 29.6 Å². The van der Waals surface area contributed by atoms with Crippen molar-refractivity contribution in [2.24, 2.45) is 0 Å². The van der Waals surface area contributed by atoms with Crippen LogP contribution in [0, 0.1) is 13.8 Å². The minimum atomic E-state index is -0.374. The number of anilines is 1. The van der Waals surface area contributed by atoms with E-state index in [4.69, 9.17) is 18.6 Å². The van der Waals surface area contributed by atoms with Gasteiger partial charge in [-0.25, -0.2) is 4.68 Å². The molecule has 8 nitrogen and oxygen atoms in total. The van der Waals surface area contributed by atoms with Crippen molar-refractivity contribution < 1.29 is 23.4 Å². The summed E-state index contributed by atoms with van der Waals surface area (Å²) in [6.07, 6.45) is 3.25. The van der Waals surface area contributed by atoms with Gasteiger partial charge in [0.05, 0.1) is 25.2 Å². The Morgan fingerprint density at radius 2 is 1.82 bits per heavy atom. The first kappa shape index (κ1) is 22.0. The molecule has 0 aliphatic heterocycles. The van der Waals surface area contributed by atoms with Gasteiger partial charge >= 0.3 is 0 Å². The number of rotatable bonds is 9. The Labute approximate surface area is 191 Å². The average Bonchev–Trinajstić information content (AvgIpc) is 3.47. The van der Waals surface area contributed by atoms with Gasteiger partial charge < -0.3 is 23.9 Å². The van der Waals surface area contributed by atoms with E-state index in [9.17, 15) is 4.79 Å². The number of methoxy groups -OCH3 is 1. The topological polar surface area (TPSA) is 87.8 Å². The van der Waals surface area contributed by atoms with Crippen molar-refractivity contribution in [2.45, 2.75) is 27.2 Å². The van der Waals surface area contributed by atoms with Crippen LogP contribution < -0.4 is 19.5 Å². The molecule has 0 saturated carbocycles. The van der Waals surface area contributed by atoms with Crippen molar-refractivity contribution in [1.82, 2.24) is 9.78 Å². The van der Waals surface area contributed by atoms with Gasteiger partial charge in [-0.2, -0.15) is 5.10 Å². The van der Waals surface area contributed by atoms with Gasteiger partial charge in [-0.1, -0.05) is 17.7 Å². The number of ether oxygens (including phenoxy) is 3. The largest absolute Gasteiger partial charge is 0.497 e. The normalized spacial score (nSPS) is 10.6. The third-order valence-corrected chi connectivity index (χ3v) is 4.90. The first-order valence-electron chi connectivity index (χ1n) is 10.4. The average molecular weight is 447 g/mol. The quantitative estimate of drug-likeness (QED) is 0.390. The number of hydrogen-bond donors (Lipinski definition) is 1. The number of nitrogens with one attached hydrogen (secondary N) is 1. The van der Waals surface area contributed by atoms with Crippen LogP contribution in [0.25, 0.3) is 0 Å². The predicted octanol–water partition coefficient (Wildman–Crippen LogP) is 4.97. The van der Waals surface area contributed by atoms with E-state index in [2.05, 4.69) is 16.5 Å². The van der Waals surface area contributed by atoms with E-state index >= 15 is 0 Å². The van der Waals surface area contributed by atoms with E-state index in [1.807, 2.05) is 38.1 Å². The number of benzene rings is 2. The molecule has 1 amide bonds. The van der Waals surface area contributed by atoms with Crippen LogP contribution in [0.5, 0.6) is 17.2 Å². The van der Waals surface area contributed by atoms with Crippen LogP contribution in [0.15, 0.2) is 71.4 Å². The third kappa shape index (κ3) is 5.74. The Kier molecular flexibility index (Phi) is 6.64. The number of aryl methyl sites for hydroxylation is 2. The lowest BCUT2D eigenvalue weighted by molar-refractivity contribution is 0.0992. The lowest BCUT2D eigenvalue weighted by atomic mass is 10.1. The second kappa shape index (κ2) is 9.95. The Hall–Kier alpha value is -4.20. The van der Waals surface area contributed by atoms with Gasteiger partial charge in [-0.05, 0) is 61.9 Å². The fourth-order valence-corrected chi connectivity index (χ4v) is 3.19. The Morgan fingerprint density at radius 1 is 1.03 bits per heavy atom. The van der Waals surface area contributed by atoms with Gasteiger partial charge in [0.2, 0.25) is 0 Å². The molecule has 33 heavy (non-hydrogen) atoms. The van der Waals surface area contributed by atoms with Crippen LogP contribution in [0.2, 0.25) is 0 Å². The van der Waals surface area contributed by atoms with Crippen molar-refractivity contribution in [2.75, 3.05) is 12.4 Å². The number of hydrogen-bond acceptors (Lipinski definition) is 6. The Balaban J connectivity index is 1.28. The van der Waals surface area contributed by atoms with Gasteiger partial charge in [-0.15, -0.1) is 0 Å². The molecule has 2 aromatic heterocycles. The maximum absolute atomic E-state index is 12.5. The van der Waals surface area contributed by atoms with Crippen LogP contribution >= 0.6 is 0 Å².